The van der Waals surface area contributed by atoms with Crippen molar-refractivity contribution in [3.63, 3.8) is 0 Å². The molecule has 2 rings (SSSR count). The molecule has 1 saturated heterocycles. The van der Waals surface area contributed by atoms with Gasteiger partial charge in [0.1, 0.15) is 0 Å². The van der Waals surface area contributed by atoms with Gasteiger partial charge in [0.25, 0.3) is 0 Å². The first-order chi connectivity index (χ1) is 9.07. The van der Waals surface area contributed by atoms with E-state index >= 15 is 0 Å². The average Bonchev–Trinajstić information content (AvgIpc) is 2.76. The van der Waals surface area contributed by atoms with Crippen LogP contribution in [0.1, 0.15) is 45.4 Å². The lowest BCUT2D eigenvalue weighted by atomic mass is 9.69. The zero-order valence-electron chi connectivity index (χ0n) is 11.7. The van der Waals surface area contributed by atoms with Gasteiger partial charge < -0.3 is 15.3 Å². The SMILES string of the molecule is CCCC1CCN(C(=O)NCC2(C(=O)O)CCC2)C1. The predicted octanol–water partition coefficient (Wildman–Crippen LogP) is 2.07. The van der Waals surface area contributed by atoms with Crippen LogP contribution in [0.25, 0.3) is 0 Å². The number of carboxylic acid groups (broad SMARTS) is 1. The molecule has 5 heteroatoms. The van der Waals surface area contributed by atoms with E-state index in [1.807, 2.05) is 4.90 Å². The summed E-state index contributed by atoms with van der Waals surface area (Å²) < 4.78 is 0. The summed E-state index contributed by atoms with van der Waals surface area (Å²) >= 11 is 0. The van der Waals surface area contributed by atoms with E-state index in [-0.39, 0.29) is 12.6 Å². The number of nitrogens with one attached hydrogen (secondary N) is 1. The molecule has 0 aromatic rings. The van der Waals surface area contributed by atoms with Gasteiger partial charge in [-0.3, -0.25) is 4.79 Å². The molecule has 2 amide bonds. The summed E-state index contributed by atoms with van der Waals surface area (Å²) in [7, 11) is 0. The monoisotopic (exact) mass is 268 g/mol. The standard InChI is InChI=1S/C14H24N2O3/c1-2-4-11-5-8-16(9-11)13(19)15-10-14(12(17)18)6-3-7-14/h11H,2-10H2,1H3,(H,15,19)(H,17,18). The minimum atomic E-state index is -0.774. The van der Waals surface area contributed by atoms with Gasteiger partial charge in [-0.15, -0.1) is 0 Å². The predicted molar refractivity (Wildman–Crippen MR) is 71.9 cm³/mol. The van der Waals surface area contributed by atoms with Crippen LogP contribution in [0.2, 0.25) is 0 Å². The fraction of sp³-hybridized carbons (Fsp3) is 0.857. The molecule has 1 unspecified atom stereocenters. The summed E-state index contributed by atoms with van der Waals surface area (Å²) in [6.45, 7) is 4.06. The Bertz CT molecular complexity index is 353. The van der Waals surface area contributed by atoms with Crippen molar-refractivity contribution in [2.45, 2.75) is 45.4 Å². The fourth-order valence-electron chi connectivity index (χ4n) is 3.09. The Morgan fingerprint density at radius 2 is 2.16 bits per heavy atom. The highest BCUT2D eigenvalue weighted by molar-refractivity contribution is 5.79. The van der Waals surface area contributed by atoms with E-state index in [4.69, 9.17) is 0 Å². The number of carboxylic acids is 1. The lowest BCUT2D eigenvalue weighted by Crippen LogP contribution is -2.50. The molecule has 0 aromatic carbocycles. The molecule has 108 valence electrons. The Labute approximate surface area is 114 Å². The first-order valence-electron chi connectivity index (χ1n) is 7.33. The number of hydrogen-bond donors (Lipinski definition) is 2. The van der Waals surface area contributed by atoms with E-state index < -0.39 is 11.4 Å². The molecule has 5 nitrogen and oxygen atoms in total. The number of rotatable bonds is 5. The zero-order chi connectivity index (χ0) is 13.9. The topological polar surface area (TPSA) is 69.6 Å². The van der Waals surface area contributed by atoms with E-state index in [9.17, 15) is 14.7 Å². The van der Waals surface area contributed by atoms with Crippen LogP contribution in [-0.2, 0) is 4.79 Å². The molecule has 1 aliphatic carbocycles. The Kier molecular flexibility index (Phi) is 4.32. The van der Waals surface area contributed by atoms with Crippen LogP contribution in [0.4, 0.5) is 4.79 Å². The summed E-state index contributed by atoms with van der Waals surface area (Å²) in [4.78, 5) is 25.1. The number of carbonyl (C=O) groups is 2. The summed E-state index contributed by atoms with van der Waals surface area (Å²) in [6.07, 6.45) is 5.71. The highest BCUT2D eigenvalue weighted by atomic mass is 16.4. The summed E-state index contributed by atoms with van der Waals surface area (Å²) in [6, 6.07) is -0.0915. The molecule has 0 aromatic heterocycles. The number of urea groups is 1. The molecule has 1 saturated carbocycles. The largest absolute Gasteiger partial charge is 0.481 e. The molecule has 1 atom stereocenters. The van der Waals surface area contributed by atoms with Crippen molar-refractivity contribution in [1.82, 2.24) is 10.2 Å². The minimum absolute atomic E-state index is 0.0915. The highest BCUT2D eigenvalue weighted by Gasteiger charge is 2.44. The maximum atomic E-state index is 12.0. The van der Waals surface area contributed by atoms with Gasteiger partial charge in [-0.05, 0) is 31.6 Å². The van der Waals surface area contributed by atoms with Gasteiger partial charge in [0, 0.05) is 19.6 Å². The zero-order valence-corrected chi connectivity index (χ0v) is 11.7. The molecule has 1 aliphatic heterocycles. The molecule has 0 bridgehead atoms. The van der Waals surface area contributed by atoms with Crippen molar-refractivity contribution < 1.29 is 14.7 Å². The Morgan fingerprint density at radius 3 is 2.68 bits per heavy atom. The number of hydrogen-bond acceptors (Lipinski definition) is 2. The molecular formula is C14H24N2O3. The summed E-state index contributed by atoms with van der Waals surface area (Å²) in [5, 5.41) is 12.0. The molecule has 2 N–H and O–H groups in total. The maximum Gasteiger partial charge on any atom is 0.317 e. The molecule has 1 heterocycles. The quantitative estimate of drug-likeness (QED) is 0.802. The third kappa shape index (κ3) is 3.01. The lowest BCUT2D eigenvalue weighted by Gasteiger charge is -2.37. The van der Waals surface area contributed by atoms with Crippen molar-refractivity contribution in [1.29, 1.82) is 0 Å². The first-order valence-corrected chi connectivity index (χ1v) is 7.33. The Balaban J connectivity index is 1.77. The second kappa shape index (κ2) is 5.80. The van der Waals surface area contributed by atoms with E-state index in [1.165, 1.54) is 6.42 Å². The van der Waals surface area contributed by atoms with Crippen LogP contribution < -0.4 is 5.32 Å². The van der Waals surface area contributed by atoms with Crippen LogP contribution in [0.5, 0.6) is 0 Å². The van der Waals surface area contributed by atoms with Gasteiger partial charge in [-0.2, -0.15) is 0 Å². The number of likely N-dealkylation sites (tertiary alicyclic amines) is 1. The second-order valence-corrected chi connectivity index (χ2v) is 5.99. The van der Waals surface area contributed by atoms with Gasteiger partial charge in [-0.1, -0.05) is 19.8 Å². The molecule has 19 heavy (non-hydrogen) atoms. The highest BCUT2D eigenvalue weighted by Crippen LogP contribution is 2.40. The van der Waals surface area contributed by atoms with E-state index in [0.29, 0.717) is 18.8 Å². The van der Waals surface area contributed by atoms with Crippen molar-refractivity contribution in [2.75, 3.05) is 19.6 Å². The van der Waals surface area contributed by atoms with Crippen LogP contribution >= 0.6 is 0 Å². The van der Waals surface area contributed by atoms with E-state index in [1.54, 1.807) is 0 Å². The number of nitrogens with zero attached hydrogens (tertiary/aromatic N) is 1. The minimum Gasteiger partial charge on any atom is -0.481 e. The van der Waals surface area contributed by atoms with Gasteiger partial charge >= 0.3 is 12.0 Å². The van der Waals surface area contributed by atoms with Gasteiger partial charge in [0.15, 0.2) is 0 Å². The van der Waals surface area contributed by atoms with Crippen molar-refractivity contribution in [3.8, 4) is 0 Å². The molecule has 2 aliphatic rings. The van der Waals surface area contributed by atoms with Gasteiger partial charge in [0.2, 0.25) is 0 Å². The van der Waals surface area contributed by atoms with Crippen LogP contribution in [0.15, 0.2) is 0 Å². The third-order valence-corrected chi connectivity index (χ3v) is 4.61. The van der Waals surface area contributed by atoms with Gasteiger partial charge in [-0.25, -0.2) is 4.79 Å². The average molecular weight is 268 g/mol. The molecule has 0 radical (unpaired) electrons. The number of carbonyl (C=O) groups excluding carboxylic acids is 1. The van der Waals surface area contributed by atoms with Gasteiger partial charge in [0.05, 0.1) is 5.41 Å². The van der Waals surface area contributed by atoms with E-state index in [2.05, 4.69) is 12.2 Å². The maximum absolute atomic E-state index is 12.0. The third-order valence-electron chi connectivity index (χ3n) is 4.61. The first kappa shape index (κ1) is 14.2. The smallest absolute Gasteiger partial charge is 0.317 e. The lowest BCUT2D eigenvalue weighted by molar-refractivity contribution is -0.153. The number of amides is 2. The molecular weight excluding hydrogens is 244 g/mol. The summed E-state index contributed by atoms with van der Waals surface area (Å²) in [5.74, 6) is -0.155. The summed E-state index contributed by atoms with van der Waals surface area (Å²) in [5.41, 5.74) is -0.696. The fourth-order valence-corrected chi connectivity index (χ4v) is 3.09. The Hall–Kier alpha value is -1.26. The van der Waals surface area contributed by atoms with Crippen LogP contribution in [0, 0.1) is 11.3 Å². The van der Waals surface area contributed by atoms with Crippen LogP contribution in [0.3, 0.4) is 0 Å². The second-order valence-electron chi connectivity index (χ2n) is 5.99. The van der Waals surface area contributed by atoms with Crippen molar-refractivity contribution in [2.24, 2.45) is 11.3 Å². The molecule has 2 fully saturated rings. The molecule has 0 spiro atoms. The number of aliphatic carboxylic acids is 1. The van der Waals surface area contributed by atoms with Crippen molar-refractivity contribution >= 4 is 12.0 Å². The van der Waals surface area contributed by atoms with Crippen LogP contribution in [-0.4, -0.2) is 41.6 Å². The van der Waals surface area contributed by atoms with Crippen molar-refractivity contribution in [3.05, 3.63) is 0 Å². The van der Waals surface area contributed by atoms with E-state index in [0.717, 1.165) is 32.4 Å². The Morgan fingerprint density at radius 1 is 1.42 bits per heavy atom. The normalized spacial score (nSPS) is 24.9.